The van der Waals surface area contributed by atoms with Crippen molar-refractivity contribution in [2.75, 3.05) is 19.0 Å². The Morgan fingerprint density at radius 3 is 2.48 bits per heavy atom. The van der Waals surface area contributed by atoms with Crippen molar-refractivity contribution in [1.82, 2.24) is 10.6 Å². The molecule has 0 bridgehead atoms. The van der Waals surface area contributed by atoms with Gasteiger partial charge in [0.15, 0.2) is 0 Å². The maximum atomic E-state index is 12.9. The third-order valence-electron chi connectivity index (χ3n) is 4.11. The predicted molar refractivity (Wildman–Crippen MR) is 91.1 cm³/mol. The van der Waals surface area contributed by atoms with Crippen molar-refractivity contribution in [3.63, 3.8) is 0 Å². The molecule has 3 amide bonds. The molecule has 6 nitrogen and oxygen atoms in total. The van der Waals surface area contributed by atoms with E-state index in [-0.39, 0.29) is 17.6 Å². The third-order valence-corrected chi connectivity index (χ3v) is 4.11. The minimum Gasteiger partial charge on any atom is -0.497 e. The number of halogens is 1. The van der Waals surface area contributed by atoms with E-state index in [4.69, 9.17) is 4.74 Å². The number of hydrogen-bond donors (Lipinski definition) is 3. The number of nitrogens with one attached hydrogen (secondary N) is 3. The van der Waals surface area contributed by atoms with Crippen LogP contribution < -0.4 is 20.7 Å². The standard InChI is InChI=1S/C18H18FN3O3/c1-25-14-8-2-11(3-9-14)15-10-20-17(23)16(15)22-18(24)21-13-6-4-12(19)5-7-13/h2-9,15-16H,10H2,1H3,(H,20,23)(H2,21,22,24)/t15-,16-/m1/s1. The number of anilines is 1. The lowest BCUT2D eigenvalue weighted by Gasteiger charge is -2.19. The summed E-state index contributed by atoms with van der Waals surface area (Å²) in [6, 6.07) is 11.6. The molecular formula is C18H18FN3O3. The summed E-state index contributed by atoms with van der Waals surface area (Å²) in [5, 5.41) is 8.03. The van der Waals surface area contributed by atoms with Crippen molar-refractivity contribution in [2.24, 2.45) is 0 Å². The summed E-state index contributed by atoms with van der Waals surface area (Å²) < 4.78 is 18.0. The van der Waals surface area contributed by atoms with Gasteiger partial charge in [-0.1, -0.05) is 12.1 Å². The quantitative estimate of drug-likeness (QED) is 0.796. The minimum absolute atomic E-state index is 0.183. The highest BCUT2D eigenvalue weighted by molar-refractivity contribution is 5.95. The van der Waals surface area contributed by atoms with E-state index in [0.717, 1.165) is 11.3 Å². The molecule has 1 aliphatic heterocycles. The fourth-order valence-electron chi connectivity index (χ4n) is 2.79. The first-order chi connectivity index (χ1) is 12.1. The van der Waals surface area contributed by atoms with Crippen molar-refractivity contribution in [1.29, 1.82) is 0 Å². The van der Waals surface area contributed by atoms with Crippen LogP contribution >= 0.6 is 0 Å². The van der Waals surface area contributed by atoms with Gasteiger partial charge in [0.1, 0.15) is 17.6 Å². The van der Waals surface area contributed by atoms with Gasteiger partial charge < -0.3 is 20.7 Å². The highest BCUT2D eigenvalue weighted by Gasteiger charge is 2.36. The van der Waals surface area contributed by atoms with Crippen LogP contribution in [0, 0.1) is 5.82 Å². The second kappa shape index (κ2) is 7.21. The van der Waals surface area contributed by atoms with Crippen LogP contribution in [0.3, 0.4) is 0 Å². The molecule has 1 heterocycles. The smallest absolute Gasteiger partial charge is 0.319 e. The second-order valence-electron chi connectivity index (χ2n) is 5.71. The average molecular weight is 343 g/mol. The van der Waals surface area contributed by atoms with Gasteiger partial charge in [0.05, 0.1) is 7.11 Å². The molecule has 0 aliphatic carbocycles. The summed E-state index contributed by atoms with van der Waals surface area (Å²) in [6.45, 7) is 0.437. The minimum atomic E-state index is -0.686. The number of benzene rings is 2. The van der Waals surface area contributed by atoms with E-state index in [1.807, 2.05) is 24.3 Å². The van der Waals surface area contributed by atoms with Crippen LogP contribution in [0.15, 0.2) is 48.5 Å². The average Bonchev–Trinajstić information content (AvgIpc) is 2.98. The Hall–Kier alpha value is -3.09. The maximum Gasteiger partial charge on any atom is 0.319 e. The number of methoxy groups -OCH3 is 1. The van der Waals surface area contributed by atoms with E-state index in [1.54, 1.807) is 7.11 Å². The maximum absolute atomic E-state index is 12.9. The molecule has 0 saturated carbocycles. The van der Waals surface area contributed by atoms with Gasteiger partial charge in [0, 0.05) is 18.2 Å². The molecule has 0 radical (unpaired) electrons. The number of ether oxygens (including phenoxy) is 1. The molecule has 1 fully saturated rings. The number of rotatable bonds is 4. The molecule has 2 aromatic carbocycles. The van der Waals surface area contributed by atoms with E-state index >= 15 is 0 Å². The van der Waals surface area contributed by atoms with Crippen molar-refractivity contribution in [3.8, 4) is 5.75 Å². The van der Waals surface area contributed by atoms with Crippen molar-refractivity contribution in [3.05, 3.63) is 59.9 Å². The number of carbonyl (C=O) groups excluding carboxylic acids is 2. The van der Waals surface area contributed by atoms with Crippen LogP contribution in [-0.4, -0.2) is 31.6 Å². The van der Waals surface area contributed by atoms with Crippen molar-refractivity contribution in [2.45, 2.75) is 12.0 Å². The summed E-state index contributed by atoms with van der Waals surface area (Å²) in [7, 11) is 1.58. The lowest BCUT2D eigenvalue weighted by Crippen LogP contribution is -2.44. The van der Waals surface area contributed by atoms with E-state index in [2.05, 4.69) is 16.0 Å². The van der Waals surface area contributed by atoms with Gasteiger partial charge >= 0.3 is 6.03 Å². The molecule has 1 aliphatic rings. The third kappa shape index (κ3) is 3.88. The van der Waals surface area contributed by atoms with E-state index < -0.39 is 12.1 Å². The molecule has 1 saturated heterocycles. The van der Waals surface area contributed by atoms with Gasteiger partial charge in [-0.2, -0.15) is 0 Å². The Labute approximate surface area is 144 Å². The summed E-state index contributed by atoms with van der Waals surface area (Å²) in [5.74, 6) is -0.0901. The highest BCUT2D eigenvalue weighted by atomic mass is 19.1. The van der Waals surface area contributed by atoms with E-state index in [9.17, 15) is 14.0 Å². The number of amides is 3. The van der Waals surface area contributed by atoms with Gasteiger partial charge in [0.2, 0.25) is 5.91 Å². The molecule has 2 atom stereocenters. The lowest BCUT2D eigenvalue weighted by molar-refractivity contribution is -0.120. The molecule has 25 heavy (non-hydrogen) atoms. The zero-order valence-electron chi connectivity index (χ0n) is 13.6. The van der Waals surface area contributed by atoms with Gasteiger partial charge in [0.25, 0.3) is 0 Å². The Morgan fingerprint density at radius 1 is 1.16 bits per heavy atom. The largest absolute Gasteiger partial charge is 0.497 e. The molecule has 7 heteroatoms. The normalized spacial score (nSPS) is 19.2. The predicted octanol–water partition coefficient (Wildman–Crippen LogP) is 2.24. The van der Waals surface area contributed by atoms with E-state index in [0.29, 0.717) is 12.2 Å². The molecule has 2 aromatic rings. The van der Waals surface area contributed by atoms with Gasteiger partial charge in [-0.15, -0.1) is 0 Å². The SMILES string of the molecule is COc1ccc([C@H]2CNC(=O)[C@@H]2NC(=O)Nc2ccc(F)cc2)cc1. The van der Waals surface area contributed by atoms with Crippen LogP contribution in [0.1, 0.15) is 11.5 Å². The van der Waals surface area contributed by atoms with Crippen LogP contribution in [0.5, 0.6) is 5.75 Å². The van der Waals surface area contributed by atoms with E-state index in [1.165, 1.54) is 24.3 Å². The summed E-state index contributed by atoms with van der Waals surface area (Å²) in [4.78, 5) is 24.2. The number of carbonyl (C=O) groups is 2. The van der Waals surface area contributed by atoms with Crippen LogP contribution in [0.25, 0.3) is 0 Å². The Balaban J connectivity index is 1.68. The second-order valence-corrected chi connectivity index (χ2v) is 5.71. The first-order valence-electron chi connectivity index (χ1n) is 7.81. The molecule has 0 unspecified atom stereocenters. The zero-order valence-corrected chi connectivity index (χ0v) is 13.6. The Morgan fingerprint density at radius 2 is 1.84 bits per heavy atom. The summed E-state index contributed by atoms with van der Waals surface area (Å²) >= 11 is 0. The monoisotopic (exact) mass is 343 g/mol. The van der Waals surface area contributed by atoms with Crippen molar-refractivity contribution >= 4 is 17.6 Å². The molecule has 0 aromatic heterocycles. The number of urea groups is 1. The highest BCUT2D eigenvalue weighted by Crippen LogP contribution is 2.25. The molecule has 130 valence electrons. The van der Waals surface area contributed by atoms with Gasteiger partial charge in [-0.05, 0) is 42.0 Å². The van der Waals surface area contributed by atoms with Crippen LogP contribution in [0.2, 0.25) is 0 Å². The summed E-state index contributed by atoms with van der Waals surface area (Å²) in [6.07, 6.45) is 0. The lowest BCUT2D eigenvalue weighted by atomic mass is 9.94. The fourth-order valence-corrected chi connectivity index (χ4v) is 2.79. The first-order valence-corrected chi connectivity index (χ1v) is 7.81. The number of hydrogen-bond acceptors (Lipinski definition) is 3. The first kappa shape index (κ1) is 16.8. The molecule has 3 rings (SSSR count). The zero-order chi connectivity index (χ0) is 17.8. The van der Waals surface area contributed by atoms with Crippen molar-refractivity contribution < 1.29 is 18.7 Å². The molecular weight excluding hydrogens is 325 g/mol. The Bertz CT molecular complexity index is 762. The topological polar surface area (TPSA) is 79.5 Å². The van der Waals surface area contributed by atoms with Gasteiger partial charge in [-0.3, -0.25) is 4.79 Å². The Kier molecular flexibility index (Phi) is 4.83. The molecule has 0 spiro atoms. The molecule has 3 N–H and O–H groups in total. The van der Waals surface area contributed by atoms with Crippen LogP contribution in [-0.2, 0) is 4.79 Å². The van der Waals surface area contributed by atoms with Crippen LogP contribution in [0.4, 0.5) is 14.9 Å². The fraction of sp³-hybridized carbons (Fsp3) is 0.222. The van der Waals surface area contributed by atoms with Gasteiger partial charge in [-0.25, -0.2) is 9.18 Å². The summed E-state index contributed by atoms with van der Waals surface area (Å²) in [5.41, 5.74) is 1.37.